The van der Waals surface area contributed by atoms with Crippen LogP contribution in [0.5, 0.6) is 0 Å². The lowest BCUT2D eigenvalue weighted by Crippen LogP contribution is -2.44. The van der Waals surface area contributed by atoms with E-state index in [1.54, 1.807) is 6.08 Å². The zero-order valence-corrected chi connectivity index (χ0v) is 14.1. The van der Waals surface area contributed by atoms with Crippen LogP contribution in [-0.4, -0.2) is 30.4 Å². The molecule has 1 saturated heterocycles. The number of nitrogens with one attached hydrogen (secondary N) is 1. The van der Waals surface area contributed by atoms with E-state index in [9.17, 15) is 9.59 Å². The van der Waals surface area contributed by atoms with E-state index >= 15 is 0 Å². The largest absolute Gasteiger partial charge is 0.459 e. The Kier molecular flexibility index (Phi) is 4.28. The fourth-order valence-electron chi connectivity index (χ4n) is 3.81. The van der Waals surface area contributed by atoms with Gasteiger partial charge in [0, 0.05) is 6.42 Å². The van der Waals surface area contributed by atoms with Crippen molar-refractivity contribution in [3.05, 3.63) is 34.9 Å². The van der Waals surface area contributed by atoms with Crippen molar-refractivity contribution in [3.63, 3.8) is 0 Å². The Morgan fingerprint density at radius 3 is 2.87 bits per heavy atom. The minimum absolute atomic E-state index is 0.0564. The van der Waals surface area contributed by atoms with E-state index in [0.29, 0.717) is 6.42 Å². The average Bonchev–Trinajstić information content (AvgIpc) is 3.10. The van der Waals surface area contributed by atoms with Gasteiger partial charge in [-0.2, -0.15) is 0 Å². The first-order valence-corrected chi connectivity index (χ1v) is 8.54. The van der Waals surface area contributed by atoms with Gasteiger partial charge in [-0.05, 0) is 56.9 Å². The second kappa shape index (κ2) is 6.08. The summed E-state index contributed by atoms with van der Waals surface area (Å²) in [5, 5.41) is 3.17. The van der Waals surface area contributed by atoms with Crippen LogP contribution in [0.15, 0.2) is 34.9 Å². The molecule has 3 aliphatic rings. The molecule has 4 nitrogen and oxygen atoms in total. The van der Waals surface area contributed by atoms with Crippen LogP contribution >= 0.6 is 0 Å². The lowest BCUT2D eigenvalue weighted by atomic mass is 9.74. The van der Waals surface area contributed by atoms with Crippen LogP contribution in [0.4, 0.5) is 0 Å². The molecule has 1 heterocycles. The van der Waals surface area contributed by atoms with Gasteiger partial charge < -0.3 is 10.1 Å². The number of esters is 1. The first-order valence-electron chi connectivity index (χ1n) is 8.54. The van der Waals surface area contributed by atoms with E-state index in [0.717, 1.165) is 42.5 Å². The van der Waals surface area contributed by atoms with Crippen LogP contribution < -0.4 is 5.32 Å². The van der Waals surface area contributed by atoms with Gasteiger partial charge in [-0.15, -0.1) is 0 Å². The molecule has 0 amide bonds. The molecule has 1 N–H and O–H groups in total. The first kappa shape index (κ1) is 16.2. The molecule has 1 unspecified atom stereocenters. The smallest absolute Gasteiger partial charge is 0.323 e. The van der Waals surface area contributed by atoms with E-state index in [-0.39, 0.29) is 17.8 Å². The summed E-state index contributed by atoms with van der Waals surface area (Å²) in [6, 6.07) is -0.228. The number of ether oxygens (including phenoxy) is 1. The third-order valence-electron chi connectivity index (χ3n) is 5.39. The maximum Gasteiger partial charge on any atom is 0.323 e. The maximum atomic E-state index is 12.7. The highest BCUT2D eigenvalue weighted by atomic mass is 16.5. The van der Waals surface area contributed by atoms with E-state index < -0.39 is 11.5 Å². The summed E-state index contributed by atoms with van der Waals surface area (Å²) in [6.45, 7) is 6.85. The van der Waals surface area contributed by atoms with Crippen molar-refractivity contribution >= 4 is 11.8 Å². The Bertz CT molecular complexity index is 623. The molecule has 1 fully saturated rings. The zero-order chi connectivity index (χ0) is 16.6. The summed E-state index contributed by atoms with van der Waals surface area (Å²) in [5.41, 5.74) is 2.45. The van der Waals surface area contributed by atoms with Crippen LogP contribution in [0.1, 0.15) is 46.5 Å². The van der Waals surface area contributed by atoms with E-state index in [1.807, 2.05) is 19.9 Å². The van der Waals surface area contributed by atoms with Crippen LogP contribution in [0.2, 0.25) is 0 Å². The minimum Gasteiger partial charge on any atom is -0.459 e. The van der Waals surface area contributed by atoms with Gasteiger partial charge in [0.1, 0.15) is 12.1 Å². The Morgan fingerprint density at radius 2 is 2.22 bits per heavy atom. The van der Waals surface area contributed by atoms with Crippen molar-refractivity contribution in [2.75, 3.05) is 6.54 Å². The van der Waals surface area contributed by atoms with Gasteiger partial charge in [0.25, 0.3) is 0 Å². The van der Waals surface area contributed by atoms with Crippen LogP contribution in [0.3, 0.4) is 0 Å². The number of carbonyl (C=O) groups excluding carboxylic acids is 2. The lowest BCUT2D eigenvalue weighted by Gasteiger charge is -2.34. The SMILES string of the molecule is CCC1=CC(=O)[C@]2(C)C1=CC=C(C)C[C@@H]2OC(=O)C1CCCN1. The van der Waals surface area contributed by atoms with Crippen molar-refractivity contribution in [2.24, 2.45) is 5.41 Å². The first-order chi connectivity index (χ1) is 11.0. The third-order valence-corrected chi connectivity index (χ3v) is 5.39. The fraction of sp³-hybridized carbons (Fsp3) is 0.579. The quantitative estimate of drug-likeness (QED) is 0.814. The summed E-state index contributed by atoms with van der Waals surface area (Å²) < 4.78 is 5.87. The standard InChI is InChI=1S/C19H25NO3/c1-4-13-11-16(21)19(3)14(13)8-7-12(2)10-17(19)23-18(22)15-6-5-9-20-15/h7-8,11,15,17,20H,4-6,9-10H2,1-3H3/t15?,17-,19-/m0/s1. The van der Waals surface area contributed by atoms with Crippen molar-refractivity contribution in [1.29, 1.82) is 0 Å². The van der Waals surface area contributed by atoms with Gasteiger partial charge in [-0.1, -0.05) is 24.6 Å². The monoisotopic (exact) mass is 315 g/mol. The predicted octanol–water partition coefficient (Wildman–Crippen LogP) is 2.85. The molecule has 0 bridgehead atoms. The van der Waals surface area contributed by atoms with Gasteiger partial charge in [0.05, 0.1) is 5.41 Å². The van der Waals surface area contributed by atoms with Crippen molar-refractivity contribution < 1.29 is 14.3 Å². The van der Waals surface area contributed by atoms with Gasteiger partial charge in [-0.3, -0.25) is 9.59 Å². The second-order valence-corrected chi connectivity index (χ2v) is 6.96. The number of allylic oxidation sites excluding steroid dienone is 4. The Balaban J connectivity index is 1.90. The summed E-state index contributed by atoms with van der Waals surface area (Å²) in [4.78, 5) is 25.2. The number of hydrogen-bond acceptors (Lipinski definition) is 4. The molecule has 0 spiro atoms. The van der Waals surface area contributed by atoms with Gasteiger partial charge in [-0.25, -0.2) is 0 Å². The Hall–Kier alpha value is -1.68. The molecule has 2 aliphatic carbocycles. The number of carbonyl (C=O) groups is 2. The zero-order valence-electron chi connectivity index (χ0n) is 14.1. The number of rotatable bonds is 3. The van der Waals surface area contributed by atoms with E-state index in [2.05, 4.69) is 18.3 Å². The highest BCUT2D eigenvalue weighted by Crippen LogP contribution is 2.47. The molecule has 3 atom stereocenters. The summed E-state index contributed by atoms with van der Waals surface area (Å²) >= 11 is 0. The molecular weight excluding hydrogens is 290 g/mol. The molecule has 23 heavy (non-hydrogen) atoms. The van der Waals surface area contributed by atoms with Crippen LogP contribution in [0.25, 0.3) is 0 Å². The Morgan fingerprint density at radius 1 is 1.43 bits per heavy atom. The molecule has 0 aromatic heterocycles. The molecule has 124 valence electrons. The normalized spacial score (nSPS) is 33.5. The fourth-order valence-corrected chi connectivity index (χ4v) is 3.81. The maximum absolute atomic E-state index is 12.7. The summed E-state index contributed by atoms with van der Waals surface area (Å²) in [6.07, 6.45) is 8.61. The molecule has 3 rings (SSSR count). The molecule has 0 aromatic carbocycles. The second-order valence-electron chi connectivity index (χ2n) is 6.96. The molecule has 0 radical (unpaired) electrons. The van der Waals surface area contributed by atoms with Gasteiger partial charge in [0.2, 0.25) is 0 Å². The Labute approximate surface area is 137 Å². The molecule has 1 aliphatic heterocycles. The molecule has 4 heteroatoms. The van der Waals surface area contributed by atoms with Crippen LogP contribution in [0, 0.1) is 5.41 Å². The average molecular weight is 315 g/mol. The van der Waals surface area contributed by atoms with Crippen molar-refractivity contribution in [2.45, 2.75) is 58.6 Å². The highest BCUT2D eigenvalue weighted by molar-refractivity contribution is 6.03. The van der Waals surface area contributed by atoms with Gasteiger partial charge in [0.15, 0.2) is 5.78 Å². The van der Waals surface area contributed by atoms with E-state index in [1.165, 1.54) is 0 Å². The minimum atomic E-state index is -0.756. The lowest BCUT2D eigenvalue weighted by molar-refractivity contribution is -0.157. The molecule has 0 saturated carbocycles. The van der Waals surface area contributed by atoms with Crippen molar-refractivity contribution in [3.8, 4) is 0 Å². The predicted molar refractivity (Wildman–Crippen MR) is 88.8 cm³/mol. The summed E-state index contributed by atoms with van der Waals surface area (Å²) in [7, 11) is 0. The number of fused-ring (bicyclic) bond motifs is 1. The van der Waals surface area contributed by atoms with Crippen molar-refractivity contribution in [1.82, 2.24) is 5.32 Å². The number of ketones is 1. The third kappa shape index (κ3) is 2.69. The highest BCUT2D eigenvalue weighted by Gasteiger charge is 2.50. The molecular formula is C19H25NO3. The van der Waals surface area contributed by atoms with E-state index in [4.69, 9.17) is 4.74 Å². The van der Waals surface area contributed by atoms with Gasteiger partial charge >= 0.3 is 5.97 Å². The number of hydrogen-bond donors (Lipinski definition) is 1. The molecule has 0 aromatic rings. The van der Waals surface area contributed by atoms with Crippen LogP contribution in [-0.2, 0) is 14.3 Å². The topological polar surface area (TPSA) is 55.4 Å². The summed E-state index contributed by atoms with van der Waals surface area (Å²) in [5.74, 6) is -0.165.